The van der Waals surface area contributed by atoms with E-state index >= 15 is 0 Å². The van der Waals surface area contributed by atoms with E-state index in [1.807, 2.05) is 25.3 Å². The van der Waals surface area contributed by atoms with Gasteiger partial charge in [-0.1, -0.05) is 0 Å². The summed E-state index contributed by atoms with van der Waals surface area (Å²) in [6.45, 7) is 1.88. The van der Waals surface area contributed by atoms with Crippen LogP contribution in [0.25, 0.3) is 5.95 Å². The Labute approximate surface area is 144 Å². The van der Waals surface area contributed by atoms with E-state index in [-0.39, 0.29) is 24.4 Å². The van der Waals surface area contributed by atoms with E-state index < -0.39 is 5.92 Å². The maximum absolute atomic E-state index is 13.3. The molecule has 2 fully saturated rings. The van der Waals surface area contributed by atoms with Crippen LogP contribution in [-0.2, 0) is 5.54 Å². The molecule has 0 atom stereocenters. The molecule has 2 heterocycles. The Morgan fingerprint density at radius 2 is 1.92 bits per heavy atom. The average Bonchev–Trinajstić information content (AvgIpc) is 3.11. The van der Waals surface area contributed by atoms with Crippen molar-refractivity contribution in [3.8, 4) is 5.95 Å². The summed E-state index contributed by atoms with van der Waals surface area (Å²) in [4.78, 5) is 8.92. The molecule has 25 heavy (non-hydrogen) atoms. The van der Waals surface area contributed by atoms with Crippen molar-refractivity contribution >= 4 is 5.82 Å². The van der Waals surface area contributed by atoms with E-state index in [0.717, 1.165) is 24.2 Å². The van der Waals surface area contributed by atoms with Crippen molar-refractivity contribution in [3.05, 3.63) is 29.7 Å². The predicted octanol–water partition coefficient (Wildman–Crippen LogP) is 2.91. The average molecular weight is 348 g/mol. The molecule has 2 aliphatic carbocycles. The van der Waals surface area contributed by atoms with Gasteiger partial charge in [0.1, 0.15) is 5.82 Å². The van der Waals surface area contributed by atoms with Gasteiger partial charge in [-0.25, -0.2) is 18.4 Å². The van der Waals surface area contributed by atoms with Crippen LogP contribution in [0, 0.1) is 6.92 Å². The normalized spacial score (nSPS) is 21.9. The molecule has 2 aromatic heterocycles. The Hall–Kier alpha value is -2.09. The van der Waals surface area contributed by atoms with Gasteiger partial charge in [0.15, 0.2) is 0 Å². The smallest absolute Gasteiger partial charge is 0.252 e. The first kappa shape index (κ1) is 16.4. The number of anilines is 1. The number of alkyl halides is 2. The number of nitrogens with one attached hydrogen (secondary N) is 1. The number of aromatic nitrogens is 4. The van der Waals surface area contributed by atoms with Crippen LogP contribution in [0.2, 0.25) is 0 Å². The quantitative estimate of drug-likeness (QED) is 0.888. The Kier molecular flexibility index (Phi) is 3.75. The number of hydrogen-bond acceptors (Lipinski definition) is 5. The van der Waals surface area contributed by atoms with E-state index in [4.69, 9.17) is 5.73 Å². The van der Waals surface area contributed by atoms with E-state index in [0.29, 0.717) is 24.6 Å². The number of nitrogens with zero attached hydrogens (tertiary/aromatic N) is 4. The Morgan fingerprint density at radius 1 is 1.20 bits per heavy atom. The van der Waals surface area contributed by atoms with E-state index in [2.05, 4.69) is 20.4 Å². The summed E-state index contributed by atoms with van der Waals surface area (Å²) in [5.74, 6) is -1.43. The second kappa shape index (κ2) is 5.72. The van der Waals surface area contributed by atoms with Gasteiger partial charge in [-0.15, -0.1) is 0 Å². The molecule has 4 rings (SSSR count). The van der Waals surface area contributed by atoms with Crippen LogP contribution in [0.1, 0.15) is 49.9 Å². The van der Waals surface area contributed by atoms with Crippen LogP contribution in [0.5, 0.6) is 0 Å². The lowest BCUT2D eigenvalue weighted by Gasteiger charge is -2.29. The number of hydrogen-bond donors (Lipinski definition) is 2. The Balaban J connectivity index is 1.52. The molecule has 2 aromatic rings. The molecule has 2 saturated carbocycles. The minimum absolute atomic E-state index is 0.00809. The lowest BCUT2D eigenvalue weighted by Crippen LogP contribution is -2.32. The molecule has 0 bridgehead atoms. The standard InChI is InChI=1S/C17H22F2N6/c1-11-10-14(22-12-2-5-17(18,19)6-3-12)23-15(21-11)25-9-4-13(24-25)16(20)7-8-16/h4,9-10,12H,2-3,5-8,20H2,1H3,(H,21,22,23). The molecular weight excluding hydrogens is 326 g/mol. The van der Waals surface area contributed by atoms with Crippen LogP contribution in [0.4, 0.5) is 14.6 Å². The third-order valence-corrected chi connectivity index (χ3v) is 5.00. The fourth-order valence-electron chi connectivity index (χ4n) is 3.21. The molecule has 0 amide bonds. The van der Waals surface area contributed by atoms with Gasteiger partial charge in [-0.2, -0.15) is 10.1 Å². The minimum atomic E-state index is -2.53. The molecule has 0 aliphatic heterocycles. The number of nitrogens with two attached hydrogens (primary N) is 1. The molecule has 8 heteroatoms. The summed E-state index contributed by atoms with van der Waals surface area (Å²) >= 11 is 0. The zero-order valence-electron chi connectivity index (χ0n) is 14.2. The summed E-state index contributed by atoms with van der Waals surface area (Å²) < 4.78 is 28.2. The number of halogens is 2. The second-order valence-corrected chi connectivity index (χ2v) is 7.27. The molecule has 2 aliphatic rings. The van der Waals surface area contributed by atoms with Crippen molar-refractivity contribution in [2.45, 2.75) is 63.0 Å². The zero-order chi connectivity index (χ0) is 17.7. The molecular formula is C17H22F2N6. The maximum atomic E-state index is 13.3. The van der Waals surface area contributed by atoms with Crippen molar-refractivity contribution in [2.24, 2.45) is 5.73 Å². The monoisotopic (exact) mass is 348 g/mol. The first-order chi connectivity index (χ1) is 11.8. The van der Waals surface area contributed by atoms with Gasteiger partial charge in [0, 0.05) is 36.8 Å². The van der Waals surface area contributed by atoms with Gasteiger partial charge in [-0.3, -0.25) is 0 Å². The summed E-state index contributed by atoms with van der Waals surface area (Å²) in [6.07, 6.45) is 4.41. The highest BCUT2D eigenvalue weighted by Gasteiger charge is 2.42. The van der Waals surface area contributed by atoms with Gasteiger partial charge < -0.3 is 11.1 Å². The third-order valence-electron chi connectivity index (χ3n) is 5.00. The molecule has 0 saturated heterocycles. The predicted molar refractivity (Wildman–Crippen MR) is 89.8 cm³/mol. The van der Waals surface area contributed by atoms with Crippen LogP contribution in [0.15, 0.2) is 18.3 Å². The lowest BCUT2D eigenvalue weighted by atomic mass is 9.92. The number of rotatable bonds is 4. The fraction of sp³-hybridized carbons (Fsp3) is 0.588. The Bertz CT molecular complexity index is 773. The molecule has 6 nitrogen and oxygen atoms in total. The van der Waals surface area contributed by atoms with Crippen molar-refractivity contribution in [1.82, 2.24) is 19.7 Å². The molecule has 3 N–H and O–H groups in total. The first-order valence-electron chi connectivity index (χ1n) is 8.69. The topological polar surface area (TPSA) is 81.7 Å². The van der Waals surface area contributed by atoms with Crippen molar-refractivity contribution in [3.63, 3.8) is 0 Å². The van der Waals surface area contributed by atoms with Crippen LogP contribution < -0.4 is 11.1 Å². The summed E-state index contributed by atoms with van der Waals surface area (Å²) in [5.41, 5.74) is 7.51. The van der Waals surface area contributed by atoms with E-state index in [9.17, 15) is 8.78 Å². The van der Waals surface area contributed by atoms with Crippen molar-refractivity contribution in [2.75, 3.05) is 5.32 Å². The van der Waals surface area contributed by atoms with Crippen LogP contribution in [-0.4, -0.2) is 31.7 Å². The molecule has 0 unspecified atom stereocenters. The van der Waals surface area contributed by atoms with Gasteiger partial charge in [0.2, 0.25) is 5.92 Å². The lowest BCUT2D eigenvalue weighted by molar-refractivity contribution is -0.0361. The maximum Gasteiger partial charge on any atom is 0.252 e. The number of aryl methyl sites for hydroxylation is 1. The highest BCUT2D eigenvalue weighted by atomic mass is 19.3. The third kappa shape index (κ3) is 3.49. The molecule has 0 aromatic carbocycles. The summed E-state index contributed by atoms with van der Waals surface area (Å²) in [5, 5.41) is 7.77. The molecule has 0 radical (unpaired) electrons. The van der Waals surface area contributed by atoms with Gasteiger partial charge in [0.05, 0.1) is 11.2 Å². The summed E-state index contributed by atoms with van der Waals surface area (Å²) in [7, 11) is 0. The van der Waals surface area contributed by atoms with Gasteiger partial charge in [-0.05, 0) is 38.7 Å². The molecule has 0 spiro atoms. The minimum Gasteiger partial charge on any atom is -0.367 e. The highest BCUT2D eigenvalue weighted by Crippen LogP contribution is 2.41. The van der Waals surface area contributed by atoms with Gasteiger partial charge in [0.25, 0.3) is 5.95 Å². The van der Waals surface area contributed by atoms with Crippen LogP contribution >= 0.6 is 0 Å². The van der Waals surface area contributed by atoms with Crippen LogP contribution in [0.3, 0.4) is 0 Å². The van der Waals surface area contributed by atoms with Crippen molar-refractivity contribution in [1.29, 1.82) is 0 Å². The summed E-state index contributed by atoms with van der Waals surface area (Å²) in [6, 6.07) is 3.73. The van der Waals surface area contributed by atoms with Crippen molar-refractivity contribution < 1.29 is 8.78 Å². The SMILES string of the molecule is Cc1cc(NC2CCC(F)(F)CC2)nc(-n2ccc(C3(N)CC3)n2)n1. The highest BCUT2D eigenvalue weighted by molar-refractivity contribution is 5.40. The Morgan fingerprint density at radius 3 is 2.60 bits per heavy atom. The fourth-order valence-corrected chi connectivity index (χ4v) is 3.21. The second-order valence-electron chi connectivity index (χ2n) is 7.27. The van der Waals surface area contributed by atoms with E-state index in [1.165, 1.54) is 0 Å². The zero-order valence-corrected chi connectivity index (χ0v) is 14.2. The first-order valence-corrected chi connectivity index (χ1v) is 8.69. The van der Waals surface area contributed by atoms with E-state index in [1.54, 1.807) is 4.68 Å². The van der Waals surface area contributed by atoms with Gasteiger partial charge >= 0.3 is 0 Å². The largest absolute Gasteiger partial charge is 0.367 e. The molecule has 134 valence electrons.